The number of aliphatic hydroxyl groups excluding tert-OH is 1. The summed E-state index contributed by atoms with van der Waals surface area (Å²) in [6, 6.07) is 27.2. The maximum atomic E-state index is 10.8. The van der Waals surface area contributed by atoms with E-state index in [-0.39, 0.29) is 35.5 Å². The number of aromatic nitrogens is 1. The number of carbonyl (C=O) groups excluding carboxylic acids is 1. The molecule has 182 valence electrons. The van der Waals surface area contributed by atoms with Gasteiger partial charge < -0.3 is 24.2 Å². The molecule has 0 fully saturated rings. The molecular formula is C30H26NNaO5. The van der Waals surface area contributed by atoms with E-state index in [1.807, 2.05) is 84.9 Å². The summed E-state index contributed by atoms with van der Waals surface area (Å²) in [7, 11) is 0. The Balaban J connectivity index is 0.00000320. The van der Waals surface area contributed by atoms with Crippen molar-refractivity contribution in [1.82, 2.24) is 4.98 Å². The number of carbonyl (C=O) groups is 1. The molecule has 5 rings (SSSR count). The van der Waals surface area contributed by atoms with Crippen molar-refractivity contribution in [1.29, 1.82) is 0 Å². The van der Waals surface area contributed by atoms with E-state index >= 15 is 0 Å². The van der Waals surface area contributed by atoms with Gasteiger partial charge in [0.2, 0.25) is 5.89 Å². The molecule has 6 nitrogen and oxygen atoms in total. The minimum absolute atomic E-state index is 0. The first-order chi connectivity index (χ1) is 17.6. The van der Waals surface area contributed by atoms with Crippen LogP contribution in [0, 0.1) is 5.92 Å². The van der Waals surface area contributed by atoms with Crippen molar-refractivity contribution in [3.05, 3.63) is 102 Å². The molecular weight excluding hydrogens is 477 g/mol. The summed E-state index contributed by atoms with van der Waals surface area (Å²) in [6.07, 6.45) is 3.36. The van der Waals surface area contributed by atoms with Gasteiger partial charge in [-0.1, -0.05) is 72.8 Å². The molecule has 0 aliphatic heterocycles. The molecule has 4 aromatic rings. The van der Waals surface area contributed by atoms with Crippen LogP contribution in [-0.2, 0) is 11.2 Å². The Morgan fingerprint density at radius 1 is 0.973 bits per heavy atom. The standard InChI is InChI=1S/C30H27NO5.Na/c32-24-15-14-23(16-20-8-7-13-25(17-20)35-19-27(33)34)26(18-24)30-31-28(21-9-3-1-4-10-21)29(36-30)22-11-5-2-6-12-22;/h1-13,17-18,23-24,32H,14-16,19H2,(H,33,34);/q;+1/p-1. The third-order valence-corrected chi connectivity index (χ3v) is 6.32. The number of oxazole rings is 1. The molecule has 37 heavy (non-hydrogen) atoms. The van der Waals surface area contributed by atoms with Crippen LogP contribution in [0.5, 0.6) is 5.75 Å². The molecule has 1 aromatic heterocycles. The summed E-state index contributed by atoms with van der Waals surface area (Å²) in [6.45, 7) is -0.495. The van der Waals surface area contributed by atoms with E-state index in [2.05, 4.69) is 0 Å². The zero-order valence-corrected chi connectivity index (χ0v) is 22.7. The van der Waals surface area contributed by atoms with Gasteiger partial charge in [-0.15, -0.1) is 0 Å². The molecule has 1 N–H and O–H groups in total. The van der Waals surface area contributed by atoms with E-state index in [0.717, 1.165) is 34.4 Å². The third-order valence-electron chi connectivity index (χ3n) is 6.32. The van der Waals surface area contributed by atoms with Crippen LogP contribution < -0.4 is 39.4 Å². The summed E-state index contributed by atoms with van der Waals surface area (Å²) in [5.74, 6) is 0.469. The predicted molar refractivity (Wildman–Crippen MR) is 135 cm³/mol. The Kier molecular flexibility index (Phi) is 9.00. The van der Waals surface area contributed by atoms with E-state index < -0.39 is 18.7 Å². The smallest absolute Gasteiger partial charge is 0.546 e. The van der Waals surface area contributed by atoms with Gasteiger partial charge in [0.05, 0.1) is 12.1 Å². The summed E-state index contributed by atoms with van der Waals surface area (Å²) in [5, 5.41) is 21.2. The zero-order valence-electron chi connectivity index (χ0n) is 20.7. The second kappa shape index (κ2) is 12.4. The molecule has 0 spiro atoms. The summed E-state index contributed by atoms with van der Waals surface area (Å²) >= 11 is 0. The molecule has 3 aromatic carbocycles. The van der Waals surface area contributed by atoms with Gasteiger partial charge in [-0.05, 0) is 49.0 Å². The first-order valence-electron chi connectivity index (χ1n) is 12.0. The number of hydrogen-bond acceptors (Lipinski definition) is 6. The number of ether oxygens (including phenoxy) is 1. The number of carboxylic acid groups (broad SMARTS) is 1. The Morgan fingerprint density at radius 3 is 2.38 bits per heavy atom. The van der Waals surface area contributed by atoms with Gasteiger partial charge in [-0.3, -0.25) is 0 Å². The van der Waals surface area contributed by atoms with Crippen LogP contribution in [0.4, 0.5) is 0 Å². The van der Waals surface area contributed by atoms with Crippen molar-refractivity contribution in [2.24, 2.45) is 5.92 Å². The fourth-order valence-corrected chi connectivity index (χ4v) is 4.62. The van der Waals surface area contributed by atoms with Gasteiger partial charge in [0.1, 0.15) is 18.1 Å². The van der Waals surface area contributed by atoms with Gasteiger partial charge >= 0.3 is 29.6 Å². The zero-order chi connectivity index (χ0) is 24.9. The Morgan fingerprint density at radius 2 is 1.68 bits per heavy atom. The first-order valence-corrected chi connectivity index (χ1v) is 12.0. The monoisotopic (exact) mass is 503 g/mol. The number of carboxylic acids is 1. The second-order valence-corrected chi connectivity index (χ2v) is 8.90. The van der Waals surface area contributed by atoms with E-state index in [9.17, 15) is 15.0 Å². The predicted octanol–water partition coefficient (Wildman–Crippen LogP) is 1.54. The second-order valence-electron chi connectivity index (χ2n) is 8.90. The normalized spacial score (nSPS) is 16.9. The van der Waals surface area contributed by atoms with Crippen LogP contribution in [0.1, 0.15) is 24.3 Å². The van der Waals surface area contributed by atoms with Crippen LogP contribution in [-0.4, -0.2) is 28.8 Å². The first kappa shape index (κ1) is 26.9. The topological polar surface area (TPSA) is 95.6 Å². The van der Waals surface area contributed by atoms with Gasteiger partial charge in [-0.25, -0.2) is 4.98 Å². The van der Waals surface area contributed by atoms with Crippen LogP contribution in [0.3, 0.4) is 0 Å². The molecule has 0 radical (unpaired) electrons. The molecule has 7 heteroatoms. The average Bonchev–Trinajstić information content (AvgIpc) is 3.35. The van der Waals surface area contributed by atoms with Crippen LogP contribution in [0.25, 0.3) is 28.2 Å². The Hall–Kier alpha value is -3.16. The Bertz CT molecular complexity index is 1310. The van der Waals surface area contributed by atoms with Crippen molar-refractivity contribution >= 4 is 11.5 Å². The fourth-order valence-electron chi connectivity index (χ4n) is 4.62. The van der Waals surface area contributed by atoms with Gasteiger partial charge in [0, 0.05) is 16.7 Å². The maximum absolute atomic E-state index is 10.8. The van der Waals surface area contributed by atoms with E-state index in [1.165, 1.54) is 0 Å². The van der Waals surface area contributed by atoms with E-state index in [1.54, 1.807) is 6.07 Å². The molecule has 1 aliphatic carbocycles. The minimum atomic E-state index is -1.26. The van der Waals surface area contributed by atoms with E-state index in [4.69, 9.17) is 14.1 Å². The third kappa shape index (κ3) is 6.59. The number of benzene rings is 3. The summed E-state index contributed by atoms with van der Waals surface area (Å²) in [5.41, 5.74) is 4.51. The molecule has 2 unspecified atom stereocenters. The molecule has 0 saturated carbocycles. The fraction of sp³-hybridized carbons (Fsp3) is 0.200. The van der Waals surface area contributed by atoms with Crippen molar-refractivity contribution in [3.63, 3.8) is 0 Å². The SMILES string of the molecule is O=C([O-])COc1cccc(CC2CCC(O)C=C2c2nc(-c3ccccc3)c(-c3ccccc3)o2)c1.[Na+]. The largest absolute Gasteiger partial charge is 1.00 e. The number of hydrogen-bond donors (Lipinski definition) is 1. The maximum Gasteiger partial charge on any atom is 1.00 e. The summed E-state index contributed by atoms with van der Waals surface area (Å²) < 4.78 is 11.7. The molecule has 0 bridgehead atoms. The van der Waals surface area contributed by atoms with Gasteiger partial charge in [-0.2, -0.15) is 0 Å². The molecule has 2 atom stereocenters. The molecule has 1 aliphatic rings. The van der Waals surface area contributed by atoms with Crippen LogP contribution in [0.15, 0.2) is 95.4 Å². The van der Waals surface area contributed by atoms with Crippen molar-refractivity contribution < 1.29 is 53.7 Å². The van der Waals surface area contributed by atoms with Crippen molar-refractivity contribution in [2.45, 2.75) is 25.4 Å². The van der Waals surface area contributed by atoms with Crippen molar-refractivity contribution in [3.8, 4) is 28.3 Å². The quantitative estimate of drug-likeness (QED) is 0.367. The van der Waals surface area contributed by atoms with Crippen LogP contribution in [0.2, 0.25) is 0 Å². The van der Waals surface area contributed by atoms with Crippen molar-refractivity contribution in [2.75, 3.05) is 6.61 Å². The average molecular weight is 504 g/mol. The van der Waals surface area contributed by atoms with E-state index in [0.29, 0.717) is 30.2 Å². The Labute approximate surface area is 237 Å². The number of aliphatic hydroxyl groups is 1. The molecule has 1 heterocycles. The number of nitrogens with zero attached hydrogens (tertiary/aromatic N) is 1. The number of aliphatic carboxylic acids is 1. The summed E-state index contributed by atoms with van der Waals surface area (Å²) in [4.78, 5) is 15.7. The van der Waals surface area contributed by atoms with Gasteiger partial charge in [0.15, 0.2) is 5.76 Å². The molecule has 0 saturated heterocycles. The van der Waals surface area contributed by atoms with Gasteiger partial charge in [0.25, 0.3) is 0 Å². The van der Waals surface area contributed by atoms with Crippen LogP contribution >= 0.6 is 0 Å². The number of allylic oxidation sites excluding steroid dienone is 1. The molecule has 0 amide bonds. The minimum Gasteiger partial charge on any atom is -0.546 e. The number of rotatable bonds is 8.